The number of esters is 1. The van der Waals surface area contributed by atoms with E-state index >= 15 is 0 Å². The average molecular weight is 311 g/mol. The molecule has 0 bridgehead atoms. The van der Waals surface area contributed by atoms with Gasteiger partial charge in [-0.2, -0.15) is 0 Å². The summed E-state index contributed by atoms with van der Waals surface area (Å²) in [6, 6.07) is 13.7. The maximum Gasteiger partial charge on any atom is 0.337 e. The molecule has 5 nitrogen and oxygen atoms in total. The van der Waals surface area contributed by atoms with Crippen LogP contribution in [-0.4, -0.2) is 49.1 Å². The lowest BCUT2D eigenvalue weighted by atomic mass is 10.1. The van der Waals surface area contributed by atoms with Gasteiger partial charge in [0.15, 0.2) is 0 Å². The van der Waals surface area contributed by atoms with Gasteiger partial charge in [0.1, 0.15) is 5.82 Å². The number of aromatic nitrogens is 1. The van der Waals surface area contributed by atoms with E-state index in [0.717, 1.165) is 38.5 Å². The molecule has 0 unspecified atom stereocenters. The lowest BCUT2D eigenvalue weighted by molar-refractivity contribution is 0.0600. The summed E-state index contributed by atoms with van der Waals surface area (Å²) in [5, 5.41) is 0. The molecule has 0 spiro atoms. The molecule has 0 radical (unpaired) electrons. The summed E-state index contributed by atoms with van der Waals surface area (Å²) in [5.74, 6) is 0.759. The standard InChI is InChI=1S/C18H21N3O2/c1-23-18(22)16-7-5-15(6-8-16)14-20-10-12-21(13-11-20)17-4-2-3-9-19-17/h2-9H,10-14H2,1H3. The van der Waals surface area contributed by atoms with Gasteiger partial charge in [0, 0.05) is 38.9 Å². The SMILES string of the molecule is COC(=O)c1ccc(CN2CCN(c3ccccn3)CC2)cc1. The van der Waals surface area contributed by atoms with Crippen molar-refractivity contribution in [3.63, 3.8) is 0 Å². The highest BCUT2D eigenvalue weighted by Gasteiger charge is 2.18. The molecule has 120 valence electrons. The molecule has 1 aliphatic heterocycles. The first-order valence-electron chi connectivity index (χ1n) is 7.82. The van der Waals surface area contributed by atoms with E-state index in [1.807, 2.05) is 42.6 Å². The molecule has 2 heterocycles. The summed E-state index contributed by atoms with van der Waals surface area (Å²) in [4.78, 5) is 20.6. The lowest BCUT2D eigenvalue weighted by Crippen LogP contribution is -2.46. The molecule has 0 aliphatic carbocycles. The molecule has 3 rings (SSSR count). The molecule has 0 N–H and O–H groups in total. The Bertz CT molecular complexity index is 635. The van der Waals surface area contributed by atoms with Crippen molar-refractivity contribution in [1.29, 1.82) is 0 Å². The Labute approximate surface area is 136 Å². The molecule has 1 aromatic heterocycles. The topological polar surface area (TPSA) is 45.7 Å². The normalized spacial score (nSPS) is 15.4. The second-order valence-corrected chi connectivity index (χ2v) is 5.64. The van der Waals surface area contributed by atoms with Crippen molar-refractivity contribution in [2.45, 2.75) is 6.54 Å². The maximum absolute atomic E-state index is 11.4. The van der Waals surface area contributed by atoms with E-state index in [1.165, 1.54) is 12.7 Å². The predicted octanol–water partition coefficient (Wildman–Crippen LogP) is 2.19. The van der Waals surface area contributed by atoms with Crippen molar-refractivity contribution in [2.24, 2.45) is 0 Å². The highest BCUT2D eigenvalue weighted by molar-refractivity contribution is 5.89. The van der Waals surface area contributed by atoms with Crippen LogP contribution in [0, 0.1) is 0 Å². The van der Waals surface area contributed by atoms with Crippen LogP contribution < -0.4 is 4.90 Å². The van der Waals surface area contributed by atoms with Crippen molar-refractivity contribution in [3.05, 3.63) is 59.8 Å². The fourth-order valence-corrected chi connectivity index (χ4v) is 2.80. The summed E-state index contributed by atoms with van der Waals surface area (Å²) in [5.41, 5.74) is 1.81. The molecule has 23 heavy (non-hydrogen) atoms. The van der Waals surface area contributed by atoms with E-state index in [0.29, 0.717) is 5.56 Å². The number of methoxy groups -OCH3 is 1. The molecule has 0 amide bonds. The molecule has 2 aromatic rings. The zero-order valence-electron chi connectivity index (χ0n) is 13.3. The quantitative estimate of drug-likeness (QED) is 0.810. The molecular formula is C18H21N3O2. The third-order valence-electron chi connectivity index (χ3n) is 4.13. The Morgan fingerprint density at radius 3 is 2.43 bits per heavy atom. The van der Waals surface area contributed by atoms with Crippen LogP contribution in [0.25, 0.3) is 0 Å². The highest BCUT2D eigenvalue weighted by atomic mass is 16.5. The number of nitrogens with zero attached hydrogens (tertiary/aromatic N) is 3. The smallest absolute Gasteiger partial charge is 0.337 e. The van der Waals surface area contributed by atoms with Crippen LogP contribution in [0.1, 0.15) is 15.9 Å². The minimum absolute atomic E-state index is 0.291. The lowest BCUT2D eigenvalue weighted by Gasteiger charge is -2.35. The van der Waals surface area contributed by atoms with Crippen LogP contribution in [-0.2, 0) is 11.3 Å². The van der Waals surface area contributed by atoms with E-state index < -0.39 is 0 Å². The highest BCUT2D eigenvalue weighted by Crippen LogP contribution is 2.15. The minimum Gasteiger partial charge on any atom is -0.465 e. The summed E-state index contributed by atoms with van der Waals surface area (Å²) >= 11 is 0. The van der Waals surface area contributed by atoms with Crippen molar-refractivity contribution in [3.8, 4) is 0 Å². The first-order chi connectivity index (χ1) is 11.3. The number of ether oxygens (including phenoxy) is 1. The Hall–Kier alpha value is -2.40. The third kappa shape index (κ3) is 3.87. The number of piperazine rings is 1. The fraction of sp³-hybridized carbons (Fsp3) is 0.333. The van der Waals surface area contributed by atoms with Gasteiger partial charge in [-0.05, 0) is 29.8 Å². The van der Waals surface area contributed by atoms with E-state index in [9.17, 15) is 4.79 Å². The number of benzene rings is 1. The number of anilines is 1. The summed E-state index contributed by atoms with van der Waals surface area (Å²) in [7, 11) is 1.40. The second-order valence-electron chi connectivity index (χ2n) is 5.64. The van der Waals surface area contributed by atoms with Gasteiger partial charge < -0.3 is 9.64 Å². The van der Waals surface area contributed by atoms with Gasteiger partial charge in [-0.3, -0.25) is 4.90 Å². The zero-order chi connectivity index (χ0) is 16.1. The zero-order valence-corrected chi connectivity index (χ0v) is 13.3. The number of rotatable bonds is 4. The van der Waals surface area contributed by atoms with Gasteiger partial charge in [-0.15, -0.1) is 0 Å². The molecule has 1 fully saturated rings. The van der Waals surface area contributed by atoms with Crippen molar-refractivity contribution < 1.29 is 9.53 Å². The number of carbonyl (C=O) groups is 1. The summed E-state index contributed by atoms with van der Waals surface area (Å²) in [6.07, 6.45) is 1.84. The molecule has 1 saturated heterocycles. The van der Waals surface area contributed by atoms with E-state index in [2.05, 4.69) is 20.9 Å². The molecule has 0 saturated carbocycles. The monoisotopic (exact) mass is 311 g/mol. The van der Waals surface area contributed by atoms with Crippen molar-refractivity contribution >= 4 is 11.8 Å². The average Bonchev–Trinajstić information content (AvgIpc) is 2.63. The minimum atomic E-state index is -0.291. The predicted molar refractivity (Wildman–Crippen MR) is 89.5 cm³/mol. The summed E-state index contributed by atoms with van der Waals surface area (Å²) in [6.45, 7) is 4.89. The van der Waals surface area contributed by atoms with Gasteiger partial charge in [0.2, 0.25) is 0 Å². The molecule has 5 heteroatoms. The van der Waals surface area contributed by atoms with Crippen LogP contribution in [0.15, 0.2) is 48.7 Å². The van der Waals surface area contributed by atoms with Crippen LogP contribution in [0.2, 0.25) is 0 Å². The van der Waals surface area contributed by atoms with Gasteiger partial charge in [-0.1, -0.05) is 18.2 Å². The van der Waals surface area contributed by atoms with Crippen LogP contribution in [0.5, 0.6) is 0 Å². The van der Waals surface area contributed by atoms with E-state index in [1.54, 1.807) is 0 Å². The molecule has 1 aliphatic rings. The molecule has 1 aromatic carbocycles. The van der Waals surface area contributed by atoms with Crippen molar-refractivity contribution in [2.75, 3.05) is 38.2 Å². The Morgan fingerprint density at radius 2 is 1.83 bits per heavy atom. The number of carbonyl (C=O) groups excluding carboxylic acids is 1. The fourth-order valence-electron chi connectivity index (χ4n) is 2.80. The van der Waals surface area contributed by atoms with Gasteiger partial charge in [-0.25, -0.2) is 9.78 Å². The second kappa shape index (κ2) is 7.24. The van der Waals surface area contributed by atoms with Crippen LogP contribution >= 0.6 is 0 Å². The van der Waals surface area contributed by atoms with E-state index in [-0.39, 0.29) is 5.97 Å². The Morgan fingerprint density at radius 1 is 1.09 bits per heavy atom. The largest absolute Gasteiger partial charge is 0.465 e. The Balaban J connectivity index is 1.53. The first kappa shape index (κ1) is 15.5. The molecule has 0 atom stereocenters. The molecular weight excluding hydrogens is 290 g/mol. The summed E-state index contributed by atoms with van der Waals surface area (Å²) < 4.78 is 4.72. The number of hydrogen-bond acceptors (Lipinski definition) is 5. The van der Waals surface area contributed by atoms with E-state index in [4.69, 9.17) is 4.74 Å². The third-order valence-corrected chi connectivity index (χ3v) is 4.13. The van der Waals surface area contributed by atoms with Crippen molar-refractivity contribution in [1.82, 2.24) is 9.88 Å². The number of hydrogen-bond donors (Lipinski definition) is 0. The van der Waals surface area contributed by atoms with Crippen LogP contribution in [0.4, 0.5) is 5.82 Å². The van der Waals surface area contributed by atoms with Gasteiger partial charge >= 0.3 is 5.97 Å². The maximum atomic E-state index is 11.4. The number of pyridine rings is 1. The van der Waals surface area contributed by atoms with Gasteiger partial charge in [0.25, 0.3) is 0 Å². The van der Waals surface area contributed by atoms with Gasteiger partial charge in [0.05, 0.1) is 12.7 Å². The Kier molecular flexibility index (Phi) is 4.88. The van der Waals surface area contributed by atoms with Crippen LogP contribution in [0.3, 0.4) is 0 Å². The first-order valence-corrected chi connectivity index (χ1v) is 7.82.